The molecule has 0 spiro atoms. The van der Waals surface area contributed by atoms with Gasteiger partial charge in [-0.1, -0.05) is 33.1 Å². The molecule has 0 aliphatic heterocycles. The molecule has 118 valence electrons. The first-order valence-corrected chi connectivity index (χ1v) is 8.33. The quantitative estimate of drug-likeness (QED) is 0.836. The van der Waals surface area contributed by atoms with Gasteiger partial charge in [0.2, 0.25) is 0 Å². The second kappa shape index (κ2) is 7.85. The summed E-state index contributed by atoms with van der Waals surface area (Å²) < 4.78 is 6.11. The van der Waals surface area contributed by atoms with Crippen molar-refractivity contribution >= 4 is 0 Å². The summed E-state index contributed by atoms with van der Waals surface area (Å²) in [7, 11) is 0. The van der Waals surface area contributed by atoms with Crippen LogP contribution in [0.5, 0.6) is 0 Å². The van der Waals surface area contributed by atoms with Crippen LogP contribution in [0.4, 0.5) is 0 Å². The average molecular weight is 291 g/mol. The maximum atomic E-state index is 6.11. The largest absolute Gasteiger partial charge is 0.367 e. The summed E-state index contributed by atoms with van der Waals surface area (Å²) in [5, 5.41) is 3.44. The Balaban J connectivity index is 2.10. The fraction of sp³-hybridized carbons (Fsp3) is 0.765. The van der Waals surface area contributed by atoms with Crippen molar-refractivity contribution in [2.45, 2.75) is 65.0 Å². The summed E-state index contributed by atoms with van der Waals surface area (Å²) in [6, 6.07) is 2.00. The second-order valence-corrected chi connectivity index (χ2v) is 6.38. The van der Waals surface area contributed by atoms with E-state index in [9.17, 15) is 0 Å². The van der Waals surface area contributed by atoms with Crippen LogP contribution in [0.15, 0.2) is 12.3 Å². The van der Waals surface area contributed by atoms with Gasteiger partial charge in [0.1, 0.15) is 5.60 Å². The molecule has 0 aromatic carbocycles. The first-order valence-electron chi connectivity index (χ1n) is 8.33. The predicted molar refractivity (Wildman–Crippen MR) is 85.0 cm³/mol. The molecule has 21 heavy (non-hydrogen) atoms. The van der Waals surface area contributed by atoms with Crippen molar-refractivity contribution in [1.29, 1.82) is 0 Å². The van der Waals surface area contributed by atoms with Crippen molar-refractivity contribution in [3.63, 3.8) is 0 Å². The minimum Gasteiger partial charge on any atom is -0.367 e. The van der Waals surface area contributed by atoms with Gasteiger partial charge < -0.3 is 10.1 Å². The molecule has 2 rings (SSSR count). The van der Waals surface area contributed by atoms with Gasteiger partial charge in [0, 0.05) is 19.3 Å². The highest BCUT2D eigenvalue weighted by Crippen LogP contribution is 2.38. The monoisotopic (exact) mass is 291 g/mol. The maximum Gasteiger partial charge on any atom is 0.160 e. The Bertz CT molecular complexity index is 422. The standard InChI is InChI=1S/C17H29N3O/c1-4-21-17(9-6-5-7-10-17)16-19-11-8-15(20-16)13-18-12-14(2)3/h8,11,14,18H,4-7,9-10,12-13H2,1-3H3. The van der Waals surface area contributed by atoms with Crippen LogP contribution in [0.25, 0.3) is 0 Å². The van der Waals surface area contributed by atoms with E-state index in [2.05, 4.69) is 31.1 Å². The molecule has 0 atom stereocenters. The van der Waals surface area contributed by atoms with Gasteiger partial charge in [0.25, 0.3) is 0 Å². The van der Waals surface area contributed by atoms with E-state index < -0.39 is 0 Å². The van der Waals surface area contributed by atoms with Gasteiger partial charge in [-0.3, -0.25) is 0 Å². The van der Waals surface area contributed by atoms with Crippen molar-refractivity contribution in [2.24, 2.45) is 5.92 Å². The van der Waals surface area contributed by atoms with Crippen LogP contribution in [0.2, 0.25) is 0 Å². The fourth-order valence-electron chi connectivity index (χ4n) is 3.03. The normalized spacial score (nSPS) is 18.1. The number of nitrogens with zero attached hydrogens (tertiary/aromatic N) is 2. The van der Waals surface area contributed by atoms with Crippen molar-refractivity contribution < 1.29 is 4.74 Å². The summed E-state index contributed by atoms with van der Waals surface area (Å²) in [6.45, 7) is 9.02. The minimum atomic E-state index is -0.249. The van der Waals surface area contributed by atoms with E-state index in [1.807, 2.05) is 12.3 Å². The maximum absolute atomic E-state index is 6.11. The lowest BCUT2D eigenvalue weighted by molar-refractivity contribution is -0.0768. The minimum absolute atomic E-state index is 0.249. The summed E-state index contributed by atoms with van der Waals surface area (Å²) >= 11 is 0. The Morgan fingerprint density at radius 1 is 1.29 bits per heavy atom. The smallest absolute Gasteiger partial charge is 0.160 e. The van der Waals surface area contributed by atoms with Crippen LogP contribution in [0.3, 0.4) is 0 Å². The Labute approximate surface area is 128 Å². The zero-order valence-corrected chi connectivity index (χ0v) is 13.7. The van der Waals surface area contributed by atoms with Crippen LogP contribution >= 0.6 is 0 Å². The molecule has 1 aliphatic carbocycles. The van der Waals surface area contributed by atoms with Crippen molar-refractivity contribution in [2.75, 3.05) is 13.2 Å². The van der Waals surface area contributed by atoms with Gasteiger partial charge in [-0.2, -0.15) is 0 Å². The highest BCUT2D eigenvalue weighted by Gasteiger charge is 2.37. The van der Waals surface area contributed by atoms with Crippen LogP contribution < -0.4 is 5.32 Å². The third-order valence-electron chi connectivity index (χ3n) is 4.06. The lowest BCUT2D eigenvalue weighted by atomic mass is 9.83. The van der Waals surface area contributed by atoms with Gasteiger partial charge >= 0.3 is 0 Å². The van der Waals surface area contributed by atoms with Crippen LogP contribution in [-0.2, 0) is 16.9 Å². The molecule has 0 radical (unpaired) electrons. The highest BCUT2D eigenvalue weighted by atomic mass is 16.5. The van der Waals surface area contributed by atoms with Gasteiger partial charge in [-0.05, 0) is 38.3 Å². The molecule has 0 saturated heterocycles. The van der Waals surface area contributed by atoms with E-state index in [-0.39, 0.29) is 5.60 Å². The first-order chi connectivity index (χ1) is 10.2. The zero-order valence-electron chi connectivity index (χ0n) is 13.7. The molecule has 1 aromatic rings. The average Bonchev–Trinajstić information content (AvgIpc) is 2.48. The van der Waals surface area contributed by atoms with Crippen molar-refractivity contribution in [3.05, 3.63) is 23.8 Å². The summed E-state index contributed by atoms with van der Waals surface area (Å²) in [4.78, 5) is 9.32. The topological polar surface area (TPSA) is 47.0 Å². The summed E-state index contributed by atoms with van der Waals surface area (Å²) in [6.07, 6.45) is 7.68. The molecule has 0 bridgehead atoms. The number of rotatable bonds is 7. The molecule has 4 nitrogen and oxygen atoms in total. The molecule has 0 unspecified atom stereocenters. The van der Waals surface area contributed by atoms with Crippen molar-refractivity contribution in [3.8, 4) is 0 Å². The Hall–Kier alpha value is -1.00. The van der Waals surface area contributed by atoms with Crippen LogP contribution in [0, 0.1) is 5.92 Å². The molecule has 4 heteroatoms. The lowest BCUT2D eigenvalue weighted by Gasteiger charge is -2.35. The van der Waals surface area contributed by atoms with E-state index in [4.69, 9.17) is 9.72 Å². The Morgan fingerprint density at radius 3 is 2.71 bits per heavy atom. The van der Waals surface area contributed by atoms with Gasteiger partial charge in [0.15, 0.2) is 5.82 Å². The third-order valence-corrected chi connectivity index (χ3v) is 4.06. The van der Waals surface area contributed by atoms with E-state index in [1.165, 1.54) is 19.3 Å². The number of aromatic nitrogens is 2. The molecule has 0 amide bonds. The summed E-state index contributed by atoms with van der Waals surface area (Å²) in [5.41, 5.74) is 0.812. The van der Waals surface area contributed by atoms with Gasteiger partial charge in [0.05, 0.1) is 5.69 Å². The van der Waals surface area contributed by atoms with Crippen LogP contribution in [-0.4, -0.2) is 23.1 Å². The zero-order chi connectivity index (χ0) is 15.1. The molecule has 1 N–H and O–H groups in total. The molecule has 1 fully saturated rings. The third kappa shape index (κ3) is 4.48. The van der Waals surface area contributed by atoms with E-state index in [0.717, 1.165) is 44.1 Å². The van der Waals surface area contributed by atoms with E-state index >= 15 is 0 Å². The Morgan fingerprint density at radius 2 is 2.05 bits per heavy atom. The fourth-order valence-corrected chi connectivity index (χ4v) is 3.03. The molecule has 1 saturated carbocycles. The molecular formula is C17H29N3O. The van der Waals surface area contributed by atoms with Gasteiger partial charge in [-0.25, -0.2) is 9.97 Å². The van der Waals surface area contributed by atoms with E-state index in [1.54, 1.807) is 0 Å². The summed E-state index contributed by atoms with van der Waals surface area (Å²) in [5.74, 6) is 1.53. The molecular weight excluding hydrogens is 262 g/mol. The molecule has 1 aliphatic rings. The number of hydrogen-bond donors (Lipinski definition) is 1. The lowest BCUT2D eigenvalue weighted by Crippen LogP contribution is -2.35. The second-order valence-electron chi connectivity index (χ2n) is 6.38. The number of ether oxygens (including phenoxy) is 1. The van der Waals surface area contributed by atoms with Gasteiger partial charge in [-0.15, -0.1) is 0 Å². The molecule has 1 heterocycles. The number of hydrogen-bond acceptors (Lipinski definition) is 4. The SMILES string of the molecule is CCOC1(c2nccc(CNCC(C)C)n2)CCCCC1. The molecule has 1 aromatic heterocycles. The number of nitrogens with one attached hydrogen (secondary N) is 1. The first kappa shape index (κ1) is 16.4. The Kier molecular flexibility index (Phi) is 6.12. The van der Waals surface area contributed by atoms with Crippen molar-refractivity contribution in [1.82, 2.24) is 15.3 Å². The van der Waals surface area contributed by atoms with Crippen LogP contribution in [0.1, 0.15) is 64.4 Å². The van der Waals surface area contributed by atoms with E-state index in [0.29, 0.717) is 5.92 Å². The highest BCUT2D eigenvalue weighted by molar-refractivity contribution is 5.10. The predicted octanol–water partition coefficient (Wildman–Crippen LogP) is 3.42.